The second-order valence-electron chi connectivity index (χ2n) is 6.82. The summed E-state index contributed by atoms with van der Waals surface area (Å²) in [5.74, 6) is 0.371. The Kier molecular flexibility index (Phi) is 7.27. The van der Waals surface area contributed by atoms with Gasteiger partial charge in [0.25, 0.3) is 11.8 Å². The van der Waals surface area contributed by atoms with Gasteiger partial charge in [-0.25, -0.2) is 0 Å². The number of amides is 2. The smallest absolute Gasteiger partial charge is 0.259 e. The Hall–Kier alpha value is -3.80. The van der Waals surface area contributed by atoms with E-state index in [1.165, 1.54) is 0 Å². The van der Waals surface area contributed by atoms with Gasteiger partial charge >= 0.3 is 0 Å². The van der Waals surface area contributed by atoms with E-state index in [1.54, 1.807) is 42.5 Å². The summed E-state index contributed by atoms with van der Waals surface area (Å²) in [6.45, 7) is 6.55. The Morgan fingerprint density at radius 2 is 1.19 bits per heavy atom. The highest BCUT2D eigenvalue weighted by Crippen LogP contribution is 2.27. The zero-order valence-electron chi connectivity index (χ0n) is 17.9. The zero-order chi connectivity index (χ0) is 22.2. The lowest BCUT2D eigenvalue weighted by molar-refractivity contribution is 0.101. The fraction of sp³-hybridized carbons (Fsp3) is 0.200. The van der Waals surface area contributed by atoms with E-state index in [1.807, 2.05) is 45.0 Å². The van der Waals surface area contributed by atoms with E-state index < -0.39 is 0 Å². The van der Waals surface area contributed by atoms with E-state index in [9.17, 15) is 9.59 Å². The third-order valence-electron chi connectivity index (χ3n) is 4.53. The first-order valence-electron chi connectivity index (χ1n) is 10.2. The van der Waals surface area contributed by atoms with Crippen molar-refractivity contribution in [1.82, 2.24) is 0 Å². The van der Waals surface area contributed by atoms with Crippen LogP contribution in [0.1, 0.15) is 40.1 Å². The Bertz CT molecular complexity index is 1080. The number of benzene rings is 3. The fourth-order valence-corrected chi connectivity index (χ4v) is 3.12. The van der Waals surface area contributed by atoms with E-state index in [0.29, 0.717) is 47.2 Å². The van der Waals surface area contributed by atoms with Gasteiger partial charge in [-0.15, -0.1) is 0 Å². The van der Waals surface area contributed by atoms with E-state index in [0.717, 1.165) is 5.56 Å². The Labute approximate surface area is 182 Å². The van der Waals surface area contributed by atoms with Crippen LogP contribution < -0.4 is 20.1 Å². The van der Waals surface area contributed by atoms with Gasteiger partial charge in [-0.2, -0.15) is 0 Å². The summed E-state index contributed by atoms with van der Waals surface area (Å²) in [5.41, 5.74) is 2.78. The Balaban J connectivity index is 1.87. The molecule has 0 aromatic heterocycles. The van der Waals surface area contributed by atoms with Crippen LogP contribution in [-0.4, -0.2) is 25.0 Å². The lowest BCUT2D eigenvalue weighted by atomic mass is 10.1. The van der Waals surface area contributed by atoms with Gasteiger partial charge in [0, 0.05) is 0 Å². The number of anilines is 2. The van der Waals surface area contributed by atoms with Gasteiger partial charge in [0.2, 0.25) is 0 Å². The van der Waals surface area contributed by atoms with Crippen molar-refractivity contribution in [3.05, 3.63) is 83.4 Å². The van der Waals surface area contributed by atoms with Crippen molar-refractivity contribution in [2.45, 2.75) is 20.8 Å². The minimum absolute atomic E-state index is 0.320. The van der Waals surface area contributed by atoms with Crippen molar-refractivity contribution < 1.29 is 19.1 Å². The van der Waals surface area contributed by atoms with Gasteiger partial charge in [-0.05, 0) is 62.7 Å². The molecule has 0 radical (unpaired) electrons. The number of hydrogen-bond donors (Lipinski definition) is 2. The van der Waals surface area contributed by atoms with Gasteiger partial charge in [0.15, 0.2) is 0 Å². The van der Waals surface area contributed by atoms with Crippen LogP contribution in [0.4, 0.5) is 11.4 Å². The maximum Gasteiger partial charge on any atom is 0.259 e. The summed E-state index contributed by atoms with van der Waals surface area (Å²) >= 11 is 0. The molecule has 0 saturated heterocycles. The second kappa shape index (κ2) is 10.3. The third kappa shape index (κ3) is 5.42. The molecular weight excluding hydrogens is 392 g/mol. The topological polar surface area (TPSA) is 76.7 Å². The van der Waals surface area contributed by atoms with Crippen LogP contribution in [0.2, 0.25) is 0 Å². The summed E-state index contributed by atoms with van der Waals surface area (Å²) in [5, 5.41) is 5.78. The summed E-state index contributed by atoms with van der Waals surface area (Å²) in [4.78, 5) is 25.9. The number of hydrogen-bond acceptors (Lipinski definition) is 4. The SMILES string of the molecule is CCOc1ccccc1C(=O)Nc1ccc(C)cc1NC(=O)c1ccccc1OCC. The van der Waals surface area contributed by atoms with Crippen molar-refractivity contribution in [1.29, 1.82) is 0 Å². The van der Waals surface area contributed by atoms with Gasteiger partial charge < -0.3 is 20.1 Å². The predicted molar refractivity (Wildman–Crippen MR) is 122 cm³/mol. The maximum absolute atomic E-state index is 12.9. The molecule has 0 fully saturated rings. The van der Waals surface area contributed by atoms with Crippen LogP contribution in [0.15, 0.2) is 66.7 Å². The number of rotatable bonds is 8. The molecule has 0 aliphatic heterocycles. The molecular formula is C25H26N2O4. The highest BCUT2D eigenvalue weighted by molar-refractivity contribution is 6.11. The van der Waals surface area contributed by atoms with E-state index in [-0.39, 0.29) is 11.8 Å². The first-order chi connectivity index (χ1) is 15.0. The fourth-order valence-electron chi connectivity index (χ4n) is 3.12. The van der Waals surface area contributed by atoms with Crippen LogP contribution in [0.3, 0.4) is 0 Å². The molecule has 0 saturated carbocycles. The molecule has 0 bridgehead atoms. The summed E-state index contributed by atoms with van der Waals surface area (Å²) in [6.07, 6.45) is 0. The molecule has 3 rings (SSSR count). The van der Waals surface area contributed by atoms with E-state index in [2.05, 4.69) is 10.6 Å². The molecule has 2 N–H and O–H groups in total. The van der Waals surface area contributed by atoms with Gasteiger partial charge in [-0.3, -0.25) is 9.59 Å². The monoisotopic (exact) mass is 418 g/mol. The minimum atomic E-state index is -0.321. The van der Waals surface area contributed by atoms with Crippen molar-refractivity contribution >= 4 is 23.2 Å². The van der Waals surface area contributed by atoms with Crippen molar-refractivity contribution in [2.75, 3.05) is 23.8 Å². The molecule has 3 aromatic rings. The number of aryl methyl sites for hydroxylation is 1. The van der Waals surface area contributed by atoms with Crippen LogP contribution >= 0.6 is 0 Å². The lowest BCUT2D eigenvalue weighted by Gasteiger charge is -2.16. The van der Waals surface area contributed by atoms with Crippen LogP contribution in [-0.2, 0) is 0 Å². The molecule has 6 nitrogen and oxygen atoms in total. The summed E-state index contributed by atoms with van der Waals surface area (Å²) in [6, 6.07) is 19.5. The molecule has 31 heavy (non-hydrogen) atoms. The molecule has 0 atom stereocenters. The molecule has 0 spiro atoms. The molecule has 6 heteroatoms. The third-order valence-corrected chi connectivity index (χ3v) is 4.53. The average molecular weight is 418 g/mol. The first kappa shape index (κ1) is 21.9. The highest BCUT2D eigenvalue weighted by atomic mass is 16.5. The average Bonchev–Trinajstić information content (AvgIpc) is 2.77. The van der Waals surface area contributed by atoms with Gasteiger partial charge in [0.05, 0.1) is 35.7 Å². The van der Waals surface area contributed by atoms with Crippen LogP contribution in [0.5, 0.6) is 11.5 Å². The number of para-hydroxylation sites is 2. The summed E-state index contributed by atoms with van der Waals surface area (Å²) < 4.78 is 11.1. The number of ether oxygens (including phenoxy) is 2. The zero-order valence-corrected chi connectivity index (χ0v) is 17.9. The van der Waals surface area contributed by atoms with Gasteiger partial charge in [0.1, 0.15) is 11.5 Å². The molecule has 160 valence electrons. The lowest BCUT2D eigenvalue weighted by Crippen LogP contribution is -2.18. The molecule has 0 aliphatic carbocycles. The second-order valence-corrected chi connectivity index (χ2v) is 6.82. The van der Waals surface area contributed by atoms with Crippen molar-refractivity contribution in [3.63, 3.8) is 0 Å². The van der Waals surface area contributed by atoms with Crippen molar-refractivity contribution in [3.8, 4) is 11.5 Å². The van der Waals surface area contributed by atoms with Gasteiger partial charge in [-0.1, -0.05) is 30.3 Å². The summed E-state index contributed by atoms with van der Waals surface area (Å²) in [7, 11) is 0. The molecule has 0 aliphatic rings. The van der Waals surface area contributed by atoms with E-state index >= 15 is 0 Å². The number of nitrogens with one attached hydrogen (secondary N) is 2. The Morgan fingerprint density at radius 1 is 0.710 bits per heavy atom. The molecule has 3 aromatic carbocycles. The number of carbonyl (C=O) groups excluding carboxylic acids is 2. The molecule has 2 amide bonds. The van der Waals surface area contributed by atoms with Crippen molar-refractivity contribution in [2.24, 2.45) is 0 Å². The molecule has 0 unspecified atom stereocenters. The van der Waals surface area contributed by atoms with Crippen LogP contribution in [0.25, 0.3) is 0 Å². The largest absolute Gasteiger partial charge is 0.493 e. The number of carbonyl (C=O) groups is 2. The molecule has 0 heterocycles. The van der Waals surface area contributed by atoms with E-state index in [4.69, 9.17) is 9.47 Å². The predicted octanol–water partition coefficient (Wildman–Crippen LogP) is 5.30. The first-order valence-corrected chi connectivity index (χ1v) is 10.2. The normalized spacial score (nSPS) is 10.3. The standard InChI is InChI=1S/C25H26N2O4/c1-4-30-22-12-8-6-10-18(22)24(28)26-20-15-14-17(3)16-21(20)27-25(29)19-11-7-9-13-23(19)31-5-2/h6-16H,4-5H2,1-3H3,(H,26,28)(H,27,29). The minimum Gasteiger partial charge on any atom is -0.493 e. The quantitative estimate of drug-likeness (QED) is 0.521. The maximum atomic E-state index is 12.9. The highest BCUT2D eigenvalue weighted by Gasteiger charge is 2.17. The van der Waals surface area contributed by atoms with Crippen LogP contribution in [0, 0.1) is 6.92 Å². The Morgan fingerprint density at radius 3 is 1.71 bits per heavy atom.